The molecule has 1 heterocycles. The lowest BCUT2D eigenvalue weighted by Gasteiger charge is -2.15. The van der Waals surface area contributed by atoms with Crippen molar-refractivity contribution in [3.63, 3.8) is 0 Å². The summed E-state index contributed by atoms with van der Waals surface area (Å²) in [5, 5.41) is 0. The van der Waals surface area contributed by atoms with E-state index in [1.807, 2.05) is 0 Å². The van der Waals surface area contributed by atoms with E-state index < -0.39 is 19.0 Å². The maximum atomic E-state index is 12.6. The molecule has 96 valence electrons. The molecule has 1 aromatic rings. The molecule has 0 aliphatic heterocycles. The van der Waals surface area contributed by atoms with Gasteiger partial charge in [-0.25, -0.2) is 19.6 Å². The molecule has 0 aliphatic rings. The number of nitrogens with one attached hydrogen (secondary N) is 1. The zero-order valence-electron chi connectivity index (χ0n) is 8.75. The van der Waals surface area contributed by atoms with Gasteiger partial charge >= 0.3 is 12.3 Å². The largest absolute Gasteiger partial charge is 0.471 e. The van der Waals surface area contributed by atoms with Crippen molar-refractivity contribution in [2.45, 2.75) is 19.3 Å². The molecule has 17 heavy (non-hydrogen) atoms. The number of ether oxygens (including phenoxy) is 1. The van der Waals surface area contributed by atoms with Gasteiger partial charge in [-0.15, -0.1) is 0 Å². The molecule has 5 nitrogen and oxygen atoms in total. The van der Waals surface area contributed by atoms with E-state index in [1.54, 1.807) is 6.92 Å². The number of hydrogen-bond donors (Lipinski definition) is 2. The number of nitrogen functional groups attached to an aromatic ring is 1. The highest BCUT2D eigenvalue weighted by Crippen LogP contribution is 2.24. The highest BCUT2D eigenvalue weighted by Gasteiger charge is 2.41. The first kappa shape index (κ1) is 13.4. The van der Waals surface area contributed by atoms with E-state index in [-0.39, 0.29) is 11.8 Å². The molecule has 0 saturated carbocycles. The van der Waals surface area contributed by atoms with Gasteiger partial charge in [-0.05, 0) is 6.92 Å². The molecule has 0 saturated heterocycles. The number of halogens is 4. The summed E-state index contributed by atoms with van der Waals surface area (Å²) in [7, 11) is 0. The summed E-state index contributed by atoms with van der Waals surface area (Å²) >= 11 is 0. The maximum Gasteiger partial charge on any atom is 0.340 e. The Kier molecular flexibility index (Phi) is 4.05. The number of nitrogens with zero attached hydrogens (tertiary/aromatic N) is 2. The van der Waals surface area contributed by atoms with Crippen molar-refractivity contribution in [3.05, 3.63) is 11.8 Å². The van der Waals surface area contributed by atoms with Crippen LogP contribution >= 0.6 is 0 Å². The Morgan fingerprint density at radius 3 is 2.65 bits per heavy atom. The molecule has 1 rings (SSSR count). The fourth-order valence-corrected chi connectivity index (χ4v) is 0.911. The number of hydrogen-bond acceptors (Lipinski definition) is 5. The summed E-state index contributed by atoms with van der Waals surface area (Å²) in [6.07, 6.45) is -3.79. The number of alkyl halides is 4. The fraction of sp³-hybridized carbons (Fsp3) is 0.500. The van der Waals surface area contributed by atoms with Gasteiger partial charge in [0.05, 0.1) is 0 Å². The third-order valence-electron chi connectivity index (χ3n) is 1.69. The van der Waals surface area contributed by atoms with Crippen molar-refractivity contribution in [1.29, 1.82) is 0 Å². The first-order chi connectivity index (χ1) is 7.85. The van der Waals surface area contributed by atoms with Crippen molar-refractivity contribution in [3.8, 4) is 5.88 Å². The lowest BCUT2D eigenvalue weighted by atomic mass is 10.4. The highest BCUT2D eigenvalue weighted by atomic mass is 19.3. The average Bonchev–Trinajstić information content (AvgIpc) is 2.25. The standard InChI is InChI=1S/C8H10F4N4O/c1-4-2-5(15-7(14-4)16-13)17-3-8(11,12)6(9)10/h2,6H,3,13H2,1H3,(H,14,15,16). The van der Waals surface area contributed by atoms with Crippen LogP contribution in [-0.4, -0.2) is 28.9 Å². The second kappa shape index (κ2) is 5.13. The minimum atomic E-state index is -4.23. The lowest BCUT2D eigenvalue weighted by molar-refractivity contribution is -0.148. The Morgan fingerprint density at radius 2 is 2.12 bits per heavy atom. The zero-order chi connectivity index (χ0) is 13.1. The van der Waals surface area contributed by atoms with Gasteiger partial charge in [-0.3, -0.25) is 5.43 Å². The van der Waals surface area contributed by atoms with Gasteiger partial charge < -0.3 is 4.74 Å². The van der Waals surface area contributed by atoms with Crippen LogP contribution in [0.1, 0.15) is 5.69 Å². The zero-order valence-corrected chi connectivity index (χ0v) is 8.75. The number of nitrogens with two attached hydrogens (primary N) is 1. The average molecular weight is 254 g/mol. The van der Waals surface area contributed by atoms with Crippen LogP contribution in [0, 0.1) is 6.92 Å². The number of anilines is 1. The Labute approximate surface area is 94.0 Å². The van der Waals surface area contributed by atoms with Crippen LogP contribution in [0.4, 0.5) is 23.5 Å². The Balaban J connectivity index is 2.72. The second-order valence-corrected chi connectivity index (χ2v) is 3.17. The Morgan fingerprint density at radius 1 is 1.47 bits per heavy atom. The molecule has 0 atom stereocenters. The van der Waals surface area contributed by atoms with Crippen LogP contribution in [0.15, 0.2) is 6.07 Å². The molecule has 0 fully saturated rings. The minimum absolute atomic E-state index is 0.0552. The molecule has 1 aromatic heterocycles. The number of aryl methyl sites for hydroxylation is 1. The smallest absolute Gasteiger partial charge is 0.340 e. The summed E-state index contributed by atoms with van der Waals surface area (Å²) in [6.45, 7) is 0.0752. The van der Waals surface area contributed by atoms with Crippen LogP contribution in [-0.2, 0) is 0 Å². The molecule has 0 amide bonds. The van der Waals surface area contributed by atoms with Crippen LogP contribution in [0.5, 0.6) is 5.88 Å². The predicted molar refractivity (Wildman–Crippen MR) is 51.0 cm³/mol. The second-order valence-electron chi connectivity index (χ2n) is 3.17. The van der Waals surface area contributed by atoms with Crippen molar-refractivity contribution < 1.29 is 22.3 Å². The summed E-state index contributed by atoms with van der Waals surface area (Å²) in [5.74, 6) is 0.478. The quantitative estimate of drug-likeness (QED) is 0.471. The van der Waals surface area contributed by atoms with Gasteiger partial charge in [0.1, 0.15) is 0 Å². The normalized spacial score (nSPS) is 11.7. The first-order valence-corrected chi connectivity index (χ1v) is 4.46. The van der Waals surface area contributed by atoms with Gasteiger partial charge in [-0.1, -0.05) is 0 Å². The molecule has 0 bridgehead atoms. The molecule has 0 radical (unpaired) electrons. The van der Waals surface area contributed by atoms with Gasteiger partial charge in [0.25, 0.3) is 0 Å². The Hall–Kier alpha value is -1.64. The van der Waals surface area contributed by atoms with E-state index in [4.69, 9.17) is 5.84 Å². The topological polar surface area (TPSA) is 73.1 Å². The molecule has 0 aromatic carbocycles. The van der Waals surface area contributed by atoms with Crippen LogP contribution in [0.25, 0.3) is 0 Å². The third kappa shape index (κ3) is 3.70. The minimum Gasteiger partial charge on any atom is -0.471 e. The predicted octanol–water partition coefficient (Wildman–Crippen LogP) is 1.35. The van der Waals surface area contributed by atoms with E-state index in [2.05, 4.69) is 20.1 Å². The third-order valence-corrected chi connectivity index (χ3v) is 1.69. The van der Waals surface area contributed by atoms with Gasteiger partial charge in [0.2, 0.25) is 11.8 Å². The van der Waals surface area contributed by atoms with E-state index in [9.17, 15) is 17.6 Å². The van der Waals surface area contributed by atoms with Crippen LogP contribution in [0.3, 0.4) is 0 Å². The summed E-state index contributed by atoms with van der Waals surface area (Å²) in [5.41, 5.74) is 2.48. The lowest BCUT2D eigenvalue weighted by Crippen LogP contribution is -2.34. The first-order valence-electron chi connectivity index (χ1n) is 4.46. The molecular weight excluding hydrogens is 244 g/mol. The monoisotopic (exact) mass is 254 g/mol. The highest BCUT2D eigenvalue weighted by molar-refractivity contribution is 5.28. The van der Waals surface area contributed by atoms with Crippen molar-refractivity contribution in [1.82, 2.24) is 9.97 Å². The van der Waals surface area contributed by atoms with Gasteiger partial charge in [0, 0.05) is 11.8 Å². The van der Waals surface area contributed by atoms with E-state index in [1.165, 1.54) is 6.07 Å². The number of rotatable bonds is 5. The van der Waals surface area contributed by atoms with Crippen molar-refractivity contribution in [2.24, 2.45) is 5.84 Å². The number of hydrazine groups is 1. The van der Waals surface area contributed by atoms with E-state index in [0.29, 0.717) is 5.69 Å². The van der Waals surface area contributed by atoms with Crippen LogP contribution < -0.4 is 16.0 Å². The van der Waals surface area contributed by atoms with Crippen molar-refractivity contribution in [2.75, 3.05) is 12.0 Å². The summed E-state index contributed by atoms with van der Waals surface area (Å²) < 4.78 is 53.3. The SMILES string of the molecule is Cc1cc(OCC(F)(F)C(F)F)nc(NN)n1. The Bertz CT molecular complexity index is 388. The van der Waals surface area contributed by atoms with Gasteiger partial charge in [-0.2, -0.15) is 13.8 Å². The maximum absolute atomic E-state index is 12.6. The molecule has 0 spiro atoms. The van der Waals surface area contributed by atoms with Gasteiger partial charge in [0.15, 0.2) is 6.61 Å². The molecular formula is C8H10F4N4O. The van der Waals surface area contributed by atoms with E-state index in [0.717, 1.165) is 0 Å². The molecule has 0 unspecified atom stereocenters. The van der Waals surface area contributed by atoms with Crippen LogP contribution in [0.2, 0.25) is 0 Å². The van der Waals surface area contributed by atoms with Crippen molar-refractivity contribution >= 4 is 5.95 Å². The molecule has 9 heteroatoms. The molecule has 3 N–H and O–H groups in total. The number of aromatic nitrogens is 2. The van der Waals surface area contributed by atoms with E-state index >= 15 is 0 Å². The molecule has 0 aliphatic carbocycles. The summed E-state index contributed by atoms with van der Waals surface area (Å²) in [4.78, 5) is 7.34. The summed E-state index contributed by atoms with van der Waals surface area (Å²) in [6, 6.07) is 1.22. The fourth-order valence-electron chi connectivity index (χ4n) is 0.911.